The first-order chi connectivity index (χ1) is 13.4. The molecule has 0 aliphatic heterocycles. The highest BCUT2D eigenvalue weighted by Crippen LogP contribution is 2.34. The van der Waals surface area contributed by atoms with Gasteiger partial charge >= 0.3 is 0 Å². The van der Waals surface area contributed by atoms with E-state index in [-0.39, 0.29) is 10.6 Å². The summed E-state index contributed by atoms with van der Waals surface area (Å²) in [6.07, 6.45) is 1.52. The van der Waals surface area contributed by atoms with Crippen LogP contribution in [0.4, 0.5) is 11.4 Å². The number of hydrogen-bond acceptors (Lipinski definition) is 5. The van der Waals surface area contributed by atoms with Crippen LogP contribution < -0.4 is 5.73 Å². The molecular formula is C20H15N3O4S. The van der Waals surface area contributed by atoms with Crippen LogP contribution in [0, 0.1) is 10.1 Å². The van der Waals surface area contributed by atoms with Crippen LogP contribution in [-0.4, -0.2) is 17.3 Å². The number of nitro groups is 1. The largest absolute Gasteiger partial charge is 0.399 e. The molecule has 0 saturated carbocycles. The fraction of sp³-hybridized carbons (Fsp3) is 0. The summed E-state index contributed by atoms with van der Waals surface area (Å²) in [5, 5.41) is 11.6. The summed E-state index contributed by atoms with van der Waals surface area (Å²) >= 11 is 0. The Hall–Kier alpha value is -3.65. The summed E-state index contributed by atoms with van der Waals surface area (Å²) < 4.78 is 27.6. The Balaban J connectivity index is 1.96. The third-order valence-corrected chi connectivity index (χ3v) is 6.17. The maximum Gasteiger partial charge on any atom is 0.269 e. The van der Waals surface area contributed by atoms with Crippen LogP contribution in [0.1, 0.15) is 0 Å². The lowest BCUT2D eigenvalue weighted by Gasteiger charge is -2.07. The maximum atomic E-state index is 13.2. The van der Waals surface area contributed by atoms with Gasteiger partial charge in [-0.3, -0.25) is 10.1 Å². The van der Waals surface area contributed by atoms with E-state index in [9.17, 15) is 18.5 Å². The molecule has 0 atom stereocenters. The molecule has 0 bridgehead atoms. The van der Waals surface area contributed by atoms with Crippen molar-refractivity contribution in [3.05, 3.63) is 89.1 Å². The third-order valence-electron chi connectivity index (χ3n) is 4.48. The third kappa shape index (κ3) is 2.89. The SMILES string of the molecule is Nc1ccc2c(-c3ccc([N+](=O)[O-])cc3)cn(S(=O)(=O)c3ccccc3)c2c1. The van der Waals surface area contributed by atoms with Crippen LogP contribution >= 0.6 is 0 Å². The second kappa shape index (κ2) is 6.50. The zero-order chi connectivity index (χ0) is 19.9. The molecule has 3 aromatic carbocycles. The quantitative estimate of drug-likeness (QED) is 0.320. The van der Waals surface area contributed by atoms with E-state index in [0.29, 0.717) is 27.7 Å². The minimum absolute atomic E-state index is 0.0337. The summed E-state index contributed by atoms with van der Waals surface area (Å²) in [5.74, 6) is 0. The van der Waals surface area contributed by atoms with E-state index in [1.165, 1.54) is 34.4 Å². The van der Waals surface area contributed by atoms with Crippen LogP contribution in [0.15, 0.2) is 83.9 Å². The minimum Gasteiger partial charge on any atom is -0.399 e. The number of nitrogens with zero attached hydrogens (tertiary/aromatic N) is 2. The lowest BCUT2D eigenvalue weighted by atomic mass is 10.0. The summed E-state index contributed by atoms with van der Waals surface area (Å²) in [7, 11) is -3.84. The van der Waals surface area contributed by atoms with E-state index in [1.54, 1.807) is 48.5 Å². The number of fused-ring (bicyclic) bond motifs is 1. The second-order valence-electron chi connectivity index (χ2n) is 6.24. The molecule has 1 heterocycles. The van der Waals surface area contributed by atoms with E-state index < -0.39 is 14.9 Å². The molecule has 4 rings (SSSR count). The van der Waals surface area contributed by atoms with Crippen LogP contribution in [0.25, 0.3) is 22.0 Å². The molecule has 0 radical (unpaired) electrons. The topological polar surface area (TPSA) is 108 Å². The Kier molecular flexibility index (Phi) is 4.12. The average molecular weight is 393 g/mol. The highest BCUT2D eigenvalue weighted by atomic mass is 32.2. The maximum absolute atomic E-state index is 13.2. The van der Waals surface area contributed by atoms with Crippen LogP contribution in [0.5, 0.6) is 0 Å². The highest BCUT2D eigenvalue weighted by molar-refractivity contribution is 7.90. The van der Waals surface area contributed by atoms with Crippen LogP contribution in [0.3, 0.4) is 0 Å². The molecule has 0 unspecified atom stereocenters. The van der Waals surface area contributed by atoms with Gasteiger partial charge in [-0.05, 0) is 42.0 Å². The Labute approximate surface area is 160 Å². The first-order valence-corrected chi connectivity index (χ1v) is 9.78. The normalized spacial score (nSPS) is 11.6. The molecule has 0 spiro atoms. The number of hydrogen-bond donors (Lipinski definition) is 1. The van der Waals surface area contributed by atoms with Gasteiger partial charge in [-0.25, -0.2) is 12.4 Å². The number of anilines is 1. The highest BCUT2D eigenvalue weighted by Gasteiger charge is 2.22. The first-order valence-electron chi connectivity index (χ1n) is 8.34. The molecular weight excluding hydrogens is 378 g/mol. The first kappa shape index (κ1) is 17.7. The summed E-state index contributed by atoms with van der Waals surface area (Å²) in [6, 6.07) is 19.1. The van der Waals surface area contributed by atoms with Crippen molar-refractivity contribution < 1.29 is 13.3 Å². The molecule has 140 valence electrons. The van der Waals surface area contributed by atoms with Gasteiger partial charge in [-0.1, -0.05) is 24.3 Å². The van der Waals surface area contributed by atoms with Crippen molar-refractivity contribution in [2.24, 2.45) is 0 Å². The molecule has 0 aliphatic rings. The van der Waals surface area contributed by atoms with Crippen molar-refractivity contribution >= 4 is 32.3 Å². The molecule has 0 fully saturated rings. The number of aromatic nitrogens is 1. The number of non-ortho nitro benzene ring substituents is 1. The van der Waals surface area contributed by atoms with E-state index in [1.807, 2.05) is 0 Å². The van der Waals surface area contributed by atoms with Gasteiger partial charge < -0.3 is 5.73 Å². The van der Waals surface area contributed by atoms with Crippen molar-refractivity contribution in [2.45, 2.75) is 4.90 Å². The van der Waals surface area contributed by atoms with Gasteiger partial charge in [-0.2, -0.15) is 0 Å². The summed E-state index contributed by atoms with van der Waals surface area (Å²) in [4.78, 5) is 10.6. The van der Waals surface area contributed by atoms with Crippen molar-refractivity contribution in [1.29, 1.82) is 0 Å². The van der Waals surface area contributed by atoms with Crippen molar-refractivity contribution in [3.63, 3.8) is 0 Å². The Morgan fingerprint density at radius 2 is 1.61 bits per heavy atom. The van der Waals surface area contributed by atoms with E-state index in [2.05, 4.69) is 0 Å². The van der Waals surface area contributed by atoms with E-state index >= 15 is 0 Å². The number of rotatable bonds is 4. The molecule has 4 aromatic rings. The van der Waals surface area contributed by atoms with Crippen LogP contribution in [-0.2, 0) is 10.0 Å². The van der Waals surface area contributed by atoms with Gasteiger partial charge in [0.25, 0.3) is 15.7 Å². The summed E-state index contributed by atoms with van der Waals surface area (Å²) in [6.45, 7) is 0. The lowest BCUT2D eigenvalue weighted by Crippen LogP contribution is -2.11. The van der Waals surface area contributed by atoms with Crippen molar-refractivity contribution in [3.8, 4) is 11.1 Å². The fourth-order valence-electron chi connectivity index (χ4n) is 3.11. The minimum atomic E-state index is -3.84. The molecule has 7 nitrogen and oxygen atoms in total. The predicted molar refractivity (Wildman–Crippen MR) is 107 cm³/mol. The zero-order valence-corrected chi connectivity index (χ0v) is 15.3. The molecule has 0 aliphatic carbocycles. The zero-order valence-electron chi connectivity index (χ0n) is 14.5. The van der Waals surface area contributed by atoms with Gasteiger partial charge in [0.15, 0.2) is 0 Å². The smallest absolute Gasteiger partial charge is 0.269 e. The van der Waals surface area contributed by atoms with Gasteiger partial charge in [0.05, 0.1) is 15.3 Å². The number of nitrogens with two attached hydrogens (primary N) is 1. The molecule has 0 amide bonds. The van der Waals surface area contributed by atoms with Crippen LogP contribution in [0.2, 0.25) is 0 Å². The van der Waals surface area contributed by atoms with E-state index in [0.717, 1.165) is 0 Å². The molecule has 1 aromatic heterocycles. The lowest BCUT2D eigenvalue weighted by molar-refractivity contribution is -0.384. The van der Waals surface area contributed by atoms with Gasteiger partial charge in [0.2, 0.25) is 0 Å². The number of nitro benzene ring substituents is 1. The standard InChI is InChI=1S/C20H15N3O4S/c21-15-8-11-18-19(14-6-9-16(10-7-14)23(24)25)13-22(20(18)12-15)28(26,27)17-4-2-1-3-5-17/h1-13H,21H2. The van der Waals surface area contributed by atoms with Gasteiger partial charge in [-0.15, -0.1) is 0 Å². The van der Waals surface area contributed by atoms with Crippen molar-refractivity contribution in [2.75, 3.05) is 5.73 Å². The Morgan fingerprint density at radius 1 is 0.929 bits per heavy atom. The molecule has 0 saturated heterocycles. The Bertz CT molecular complexity index is 1290. The molecule has 8 heteroatoms. The second-order valence-corrected chi connectivity index (χ2v) is 8.05. The predicted octanol–water partition coefficient (Wildman–Crippen LogP) is 4.04. The number of benzene rings is 3. The van der Waals surface area contributed by atoms with Gasteiger partial charge in [0.1, 0.15) is 0 Å². The van der Waals surface area contributed by atoms with Crippen molar-refractivity contribution in [1.82, 2.24) is 3.97 Å². The van der Waals surface area contributed by atoms with Gasteiger partial charge in [0, 0.05) is 35.0 Å². The monoisotopic (exact) mass is 393 g/mol. The molecule has 28 heavy (non-hydrogen) atoms. The number of nitrogen functional groups attached to an aromatic ring is 1. The van der Waals surface area contributed by atoms with E-state index in [4.69, 9.17) is 5.73 Å². The average Bonchev–Trinajstić information content (AvgIpc) is 3.08. The summed E-state index contributed by atoms with van der Waals surface area (Å²) in [5.41, 5.74) is 8.05. The Morgan fingerprint density at radius 3 is 2.25 bits per heavy atom. The fourth-order valence-corrected chi connectivity index (χ4v) is 4.50. The molecule has 2 N–H and O–H groups in total.